The molecule has 0 aromatic heterocycles. The monoisotopic (exact) mass is 392 g/mol. The van der Waals surface area contributed by atoms with Gasteiger partial charge in [-0.05, 0) is 6.42 Å². The van der Waals surface area contributed by atoms with E-state index in [-0.39, 0.29) is 6.42 Å². The van der Waals surface area contributed by atoms with Crippen molar-refractivity contribution in [1.29, 1.82) is 0 Å². The number of aliphatic carboxylic acids is 1. The van der Waals surface area contributed by atoms with Crippen LogP contribution in [0.2, 0.25) is 0 Å². The summed E-state index contributed by atoms with van der Waals surface area (Å²) < 4.78 is 30.7. The highest BCUT2D eigenvalue weighted by Gasteiger charge is 2.29. The third-order valence-corrected chi connectivity index (χ3v) is 6.11. The van der Waals surface area contributed by atoms with Crippen molar-refractivity contribution >= 4 is 16.1 Å². The SMILES string of the molecule is CCCCCCCCCCCCCCCCCCC(C(=O)O)S(=O)(=O)O. The topological polar surface area (TPSA) is 91.7 Å². The molecule has 0 saturated heterocycles. The fourth-order valence-electron chi connectivity index (χ4n) is 3.28. The molecule has 0 bridgehead atoms. The molecule has 0 aromatic carbocycles. The molecule has 0 saturated carbocycles. The number of hydrogen-bond donors (Lipinski definition) is 2. The molecule has 0 rings (SSSR count). The Hall–Kier alpha value is -0.620. The third kappa shape index (κ3) is 15.6. The normalized spacial score (nSPS) is 13.0. The molecule has 1 unspecified atom stereocenters. The number of hydrogen-bond acceptors (Lipinski definition) is 3. The van der Waals surface area contributed by atoms with Gasteiger partial charge in [-0.25, -0.2) is 0 Å². The van der Waals surface area contributed by atoms with Crippen molar-refractivity contribution in [3.8, 4) is 0 Å². The van der Waals surface area contributed by atoms with Gasteiger partial charge in [0.25, 0.3) is 10.1 Å². The lowest BCUT2D eigenvalue weighted by Crippen LogP contribution is -2.29. The Kier molecular flexibility index (Phi) is 16.2. The highest BCUT2D eigenvalue weighted by molar-refractivity contribution is 7.87. The van der Waals surface area contributed by atoms with Gasteiger partial charge in [0.15, 0.2) is 5.25 Å². The fourth-order valence-corrected chi connectivity index (χ4v) is 4.00. The van der Waals surface area contributed by atoms with Crippen LogP contribution in [-0.4, -0.2) is 29.3 Å². The summed E-state index contributed by atoms with van der Waals surface area (Å²) in [5.74, 6) is -1.46. The summed E-state index contributed by atoms with van der Waals surface area (Å²) in [5, 5.41) is 7.12. The standard InChI is InChI=1S/C20H40O5S/c1-2-3-4-5-6-7-8-9-10-11-12-13-14-15-16-17-18-19(20(21)22)26(23,24)25/h19H,2-18H2,1H3,(H,21,22)(H,23,24,25). The van der Waals surface area contributed by atoms with Crippen molar-refractivity contribution in [2.45, 2.75) is 121 Å². The van der Waals surface area contributed by atoms with Crippen molar-refractivity contribution in [3.63, 3.8) is 0 Å². The highest BCUT2D eigenvalue weighted by atomic mass is 32.2. The lowest BCUT2D eigenvalue weighted by molar-refractivity contribution is -0.136. The molecule has 156 valence electrons. The molecule has 0 radical (unpaired) electrons. The quantitative estimate of drug-likeness (QED) is 0.208. The van der Waals surface area contributed by atoms with Crippen LogP contribution in [-0.2, 0) is 14.9 Å². The molecule has 0 spiro atoms. The van der Waals surface area contributed by atoms with Gasteiger partial charge in [-0.2, -0.15) is 8.42 Å². The molecule has 0 fully saturated rings. The van der Waals surface area contributed by atoms with Gasteiger partial charge in [0.2, 0.25) is 0 Å². The molecule has 2 N–H and O–H groups in total. The second-order valence-electron chi connectivity index (χ2n) is 7.43. The lowest BCUT2D eigenvalue weighted by Gasteiger charge is -2.08. The van der Waals surface area contributed by atoms with Gasteiger partial charge in [0.1, 0.15) is 0 Å². The summed E-state index contributed by atoms with van der Waals surface area (Å²) in [5.41, 5.74) is 0. The molecule has 6 heteroatoms. The van der Waals surface area contributed by atoms with E-state index in [2.05, 4.69) is 6.92 Å². The minimum atomic E-state index is -4.48. The average molecular weight is 393 g/mol. The van der Waals surface area contributed by atoms with Gasteiger partial charge < -0.3 is 5.11 Å². The molecule has 5 nitrogen and oxygen atoms in total. The molecular weight excluding hydrogens is 352 g/mol. The molecule has 26 heavy (non-hydrogen) atoms. The van der Waals surface area contributed by atoms with Crippen LogP contribution < -0.4 is 0 Å². The van der Waals surface area contributed by atoms with Crippen LogP contribution >= 0.6 is 0 Å². The van der Waals surface area contributed by atoms with Crippen molar-refractivity contribution in [2.75, 3.05) is 0 Å². The van der Waals surface area contributed by atoms with E-state index in [0.29, 0.717) is 6.42 Å². The first-order valence-corrected chi connectivity index (χ1v) is 12.1. The van der Waals surface area contributed by atoms with Gasteiger partial charge in [-0.1, -0.05) is 110 Å². The first-order valence-electron chi connectivity index (χ1n) is 10.6. The predicted octanol–water partition coefficient (Wildman–Crippen LogP) is 5.98. The van der Waals surface area contributed by atoms with Crippen molar-refractivity contribution in [2.24, 2.45) is 0 Å². The van der Waals surface area contributed by atoms with E-state index < -0.39 is 21.3 Å². The van der Waals surface area contributed by atoms with E-state index in [1.165, 1.54) is 77.0 Å². The minimum absolute atomic E-state index is 0.00733. The Balaban J connectivity index is 3.33. The Morgan fingerprint density at radius 2 is 1.00 bits per heavy atom. The maximum Gasteiger partial charge on any atom is 0.324 e. The van der Waals surface area contributed by atoms with Crippen LogP contribution in [0.25, 0.3) is 0 Å². The maximum absolute atomic E-state index is 10.9. The van der Waals surface area contributed by atoms with E-state index in [1.807, 2.05) is 0 Å². The van der Waals surface area contributed by atoms with Crippen LogP contribution in [0.4, 0.5) is 0 Å². The third-order valence-electron chi connectivity index (χ3n) is 4.95. The Bertz CT molecular complexity index is 433. The molecule has 1 atom stereocenters. The Labute approximate surface area is 160 Å². The van der Waals surface area contributed by atoms with Crippen molar-refractivity contribution < 1.29 is 22.9 Å². The van der Waals surface area contributed by atoms with E-state index in [1.54, 1.807) is 0 Å². The summed E-state index contributed by atoms with van der Waals surface area (Å²) >= 11 is 0. The van der Waals surface area contributed by atoms with Crippen LogP contribution in [0.1, 0.15) is 116 Å². The first-order chi connectivity index (χ1) is 12.4. The number of carboxylic acid groups (broad SMARTS) is 1. The highest BCUT2D eigenvalue weighted by Crippen LogP contribution is 2.15. The number of carbonyl (C=O) groups is 1. The lowest BCUT2D eigenvalue weighted by atomic mass is 10.0. The smallest absolute Gasteiger partial charge is 0.324 e. The van der Waals surface area contributed by atoms with E-state index >= 15 is 0 Å². The van der Waals surface area contributed by atoms with E-state index in [0.717, 1.165) is 19.3 Å². The minimum Gasteiger partial charge on any atom is -0.480 e. The molecular formula is C20H40O5S. The first kappa shape index (κ1) is 25.4. The summed E-state index contributed by atoms with van der Waals surface area (Å²) in [6, 6.07) is 0. The zero-order valence-electron chi connectivity index (χ0n) is 16.6. The van der Waals surface area contributed by atoms with E-state index in [9.17, 15) is 13.2 Å². The Morgan fingerprint density at radius 1 is 0.692 bits per heavy atom. The average Bonchev–Trinajstić information content (AvgIpc) is 2.56. The number of carboxylic acids is 1. The summed E-state index contributed by atoms with van der Waals surface area (Å²) in [4.78, 5) is 10.8. The van der Waals surface area contributed by atoms with Crippen LogP contribution in [0.3, 0.4) is 0 Å². The largest absolute Gasteiger partial charge is 0.480 e. The van der Waals surface area contributed by atoms with Gasteiger partial charge in [0, 0.05) is 0 Å². The van der Waals surface area contributed by atoms with Crippen LogP contribution in [0, 0.1) is 0 Å². The van der Waals surface area contributed by atoms with Gasteiger partial charge in [0.05, 0.1) is 0 Å². The molecule has 0 aliphatic heterocycles. The molecule has 0 aliphatic carbocycles. The maximum atomic E-state index is 10.9. The summed E-state index contributed by atoms with van der Waals surface area (Å²) in [7, 11) is -4.48. The van der Waals surface area contributed by atoms with Gasteiger partial charge in [-0.3, -0.25) is 9.35 Å². The fraction of sp³-hybridized carbons (Fsp3) is 0.950. The summed E-state index contributed by atoms with van der Waals surface area (Å²) in [6.45, 7) is 2.25. The van der Waals surface area contributed by atoms with Crippen LogP contribution in [0.5, 0.6) is 0 Å². The number of rotatable bonds is 19. The number of unbranched alkanes of at least 4 members (excludes halogenated alkanes) is 15. The van der Waals surface area contributed by atoms with E-state index in [4.69, 9.17) is 9.66 Å². The van der Waals surface area contributed by atoms with Crippen molar-refractivity contribution in [3.05, 3.63) is 0 Å². The molecule has 0 amide bonds. The van der Waals surface area contributed by atoms with Crippen LogP contribution in [0.15, 0.2) is 0 Å². The molecule has 0 aliphatic rings. The zero-order chi connectivity index (χ0) is 19.7. The van der Waals surface area contributed by atoms with Gasteiger partial charge in [-0.15, -0.1) is 0 Å². The Morgan fingerprint density at radius 3 is 1.27 bits per heavy atom. The summed E-state index contributed by atoms with van der Waals surface area (Å²) in [6.07, 6.45) is 19.5. The molecule has 0 aromatic rings. The second kappa shape index (κ2) is 16.5. The zero-order valence-corrected chi connectivity index (χ0v) is 17.4. The van der Waals surface area contributed by atoms with Gasteiger partial charge >= 0.3 is 5.97 Å². The molecule has 0 heterocycles. The predicted molar refractivity (Wildman–Crippen MR) is 107 cm³/mol. The second-order valence-corrected chi connectivity index (χ2v) is 9.03. The van der Waals surface area contributed by atoms with Crippen molar-refractivity contribution in [1.82, 2.24) is 0 Å².